The number of nitrogens with zero attached hydrogens (tertiary/aromatic N) is 4. The van der Waals surface area contributed by atoms with Crippen LogP contribution >= 0.6 is 0 Å². The zero-order valence-corrected chi connectivity index (χ0v) is 18.4. The minimum absolute atomic E-state index is 0.188. The number of methoxy groups -OCH3 is 1. The summed E-state index contributed by atoms with van der Waals surface area (Å²) in [4.78, 5) is 13.2. The Hall–Kier alpha value is -4.24. The fraction of sp³-hybridized carbons (Fsp3) is 0.0417. The molecule has 0 atom stereocenters. The number of nitrogens with one attached hydrogen (secondary N) is 1. The van der Waals surface area contributed by atoms with Gasteiger partial charge in [0, 0.05) is 41.3 Å². The molecule has 0 aliphatic heterocycles. The first-order valence-electron chi connectivity index (χ1n) is 10.0. The molecule has 4 aromatic heterocycles. The first-order chi connectivity index (χ1) is 16.0. The predicted molar refractivity (Wildman–Crippen MR) is 125 cm³/mol. The number of imidazole rings is 1. The maximum atomic E-state index is 12.7. The van der Waals surface area contributed by atoms with Crippen LogP contribution in [-0.4, -0.2) is 34.9 Å². The summed E-state index contributed by atoms with van der Waals surface area (Å²) in [7, 11) is -2.13. The SMILES string of the molecule is COc1ccc(-c2cnc3ccc(-c4cncc(NS(=O)(=O)c5ccccc5)c4)cn23)cn1. The number of ether oxygens (including phenoxy) is 1. The van der Waals surface area contributed by atoms with Crippen LogP contribution in [0.5, 0.6) is 5.88 Å². The third kappa shape index (κ3) is 4.13. The van der Waals surface area contributed by atoms with Crippen molar-refractivity contribution in [1.82, 2.24) is 19.4 Å². The minimum atomic E-state index is -3.71. The summed E-state index contributed by atoms with van der Waals surface area (Å²) < 4.78 is 35.0. The van der Waals surface area contributed by atoms with Gasteiger partial charge in [-0.3, -0.25) is 14.1 Å². The van der Waals surface area contributed by atoms with E-state index in [1.54, 1.807) is 68.2 Å². The van der Waals surface area contributed by atoms with Crippen LogP contribution in [0.1, 0.15) is 0 Å². The van der Waals surface area contributed by atoms with Crippen LogP contribution in [0.25, 0.3) is 28.0 Å². The molecular weight excluding hydrogens is 438 g/mol. The number of anilines is 1. The van der Waals surface area contributed by atoms with Gasteiger partial charge in [0.2, 0.25) is 5.88 Å². The van der Waals surface area contributed by atoms with Crippen molar-refractivity contribution in [3.8, 4) is 28.3 Å². The number of benzene rings is 1. The van der Waals surface area contributed by atoms with E-state index >= 15 is 0 Å². The van der Waals surface area contributed by atoms with E-state index in [1.807, 2.05) is 28.8 Å². The highest BCUT2D eigenvalue weighted by Gasteiger charge is 2.14. The number of aromatic nitrogens is 4. The fourth-order valence-corrected chi connectivity index (χ4v) is 4.54. The summed E-state index contributed by atoms with van der Waals surface area (Å²) in [6.07, 6.45) is 8.62. The van der Waals surface area contributed by atoms with Crippen molar-refractivity contribution in [3.05, 3.63) is 91.6 Å². The molecule has 1 aromatic carbocycles. The molecular formula is C24H19N5O3S. The lowest BCUT2D eigenvalue weighted by molar-refractivity contribution is 0.398. The Kier molecular flexibility index (Phi) is 5.23. The van der Waals surface area contributed by atoms with Gasteiger partial charge in [-0.25, -0.2) is 18.4 Å². The van der Waals surface area contributed by atoms with Gasteiger partial charge in [-0.05, 0) is 36.4 Å². The highest BCUT2D eigenvalue weighted by atomic mass is 32.2. The number of sulfonamides is 1. The van der Waals surface area contributed by atoms with Crippen molar-refractivity contribution in [2.24, 2.45) is 0 Å². The molecule has 9 heteroatoms. The molecule has 0 aliphatic carbocycles. The lowest BCUT2D eigenvalue weighted by Crippen LogP contribution is -2.13. The number of hydrogen-bond acceptors (Lipinski definition) is 6. The normalized spacial score (nSPS) is 11.4. The zero-order valence-electron chi connectivity index (χ0n) is 17.6. The molecule has 0 saturated carbocycles. The molecule has 0 fully saturated rings. The Balaban J connectivity index is 1.49. The first-order valence-corrected chi connectivity index (χ1v) is 11.5. The van der Waals surface area contributed by atoms with Gasteiger partial charge in [-0.1, -0.05) is 18.2 Å². The second-order valence-corrected chi connectivity index (χ2v) is 8.94. The highest BCUT2D eigenvalue weighted by Crippen LogP contribution is 2.27. The first kappa shape index (κ1) is 20.7. The maximum absolute atomic E-state index is 12.7. The molecule has 8 nitrogen and oxygen atoms in total. The highest BCUT2D eigenvalue weighted by molar-refractivity contribution is 7.92. The average molecular weight is 458 g/mol. The van der Waals surface area contributed by atoms with Gasteiger partial charge in [0.05, 0.1) is 35.8 Å². The Bertz CT molecular complexity index is 1530. The van der Waals surface area contributed by atoms with E-state index < -0.39 is 10.0 Å². The third-order valence-electron chi connectivity index (χ3n) is 5.12. The summed E-state index contributed by atoms with van der Waals surface area (Å²) in [6.45, 7) is 0. The van der Waals surface area contributed by atoms with E-state index in [1.165, 1.54) is 6.20 Å². The van der Waals surface area contributed by atoms with Crippen LogP contribution in [0, 0.1) is 0 Å². The number of fused-ring (bicyclic) bond motifs is 1. The van der Waals surface area contributed by atoms with Crippen molar-refractivity contribution >= 4 is 21.4 Å². The van der Waals surface area contributed by atoms with Gasteiger partial charge in [-0.15, -0.1) is 0 Å². The molecule has 0 unspecified atom stereocenters. The van der Waals surface area contributed by atoms with Gasteiger partial charge in [0.1, 0.15) is 5.65 Å². The average Bonchev–Trinajstić information content (AvgIpc) is 3.28. The topological polar surface area (TPSA) is 98.5 Å². The van der Waals surface area contributed by atoms with E-state index in [0.717, 1.165) is 28.0 Å². The van der Waals surface area contributed by atoms with Crippen LogP contribution in [0.2, 0.25) is 0 Å². The van der Waals surface area contributed by atoms with Gasteiger partial charge in [0.15, 0.2) is 0 Å². The predicted octanol–water partition coefficient (Wildman–Crippen LogP) is 4.27. The molecule has 4 heterocycles. The molecule has 1 N–H and O–H groups in total. The lowest BCUT2D eigenvalue weighted by Gasteiger charge is -2.10. The van der Waals surface area contributed by atoms with Gasteiger partial charge in [-0.2, -0.15) is 0 Å². The van der Waals surface area contributed by atoms with Crippen LogP contribution in [-0.2, 0) is 10.0 Å². The second kappa shape index (κ2) is 8.36. The Morgan fingerprint density at radius 3 is 2.42 bits per heavy atom. The summed E-state index contributed by atoms with van der Waals surface area (Å²) >= 11 is 0. The molecule has 5 aromatic rings. The molecule has 0 aliphatic rings. The van der Waals surface area contributed by atoms with Crippen molar-refractivity contribution in [1.29, 1.82) is 0 Å². The van der Waals surface area contributed by atoms with E-state index in [4.69, 9.17) is 4.74 Å². The standard InChI is InChI=1S/C24H19N5O3S/c1-32-24-10-8-17(13-27-24)22-15-26-23-9-7-18(16-29(22)23)19-11-20(14-25-12-19)28-33(30,31)21-5-3-2-4-6-21/h2-16,28H,1H3. The van der Waals surface area contributed by atoms with E-state index in [2.05, 4.69) is 19.7 Å². The Morgan fingerprint density at radius 2 is 1.67 bits per heavy atom. The molecule has 0 bridgehead atoms. The summed E-state index contributed by atoms with van der Waals surface area (Å²) in [5.41, 5.74) is 4.54. The number of rotatable bonds is 6. The lowest BCUT2D eigenvalue weighted by atomic mass is 10.1. The number of pyridine rings is 3. The quantitative estimate of drug-likeness (QED) is 0.409. The van der Waals surface area contributed by atoms with Crippen LogP contribution in [0.3, 0.4) is 0 Å². The summed E-state index contributed by atoms with van der Waals surface area (Å²) in [5, 5.41) is 0. The Labute approximate surface area is 190 Å². The van der Waals surface area contributed by atoms with E-state index in [9.17, 15) is 8.42 Å². The monoisotopic (exact) mass is 457 g/mol. The van der Waals surface area contributed by atoms with Gasteiger partial charge < -0.3 is 4.74 Å². The minimum Gasteiger partial charge on any atom is -0.481 e. The van der Waals surface area contributed by atoms with Crippen LogP contribution in [0.4, 0.5) is 5.69 Å². The van der Waals surface area contributed by atoms with Crippen molar-refractivity contribution in [2.75, 3.05) is 11.8 Å². The third-order valence-corrected chi connectivity index (χ3v) is 6.52. The largest absolute Gasteiger partial charge is 0.481 e. The molecule has 0 spiro atoms. The molecule has 5 rings (SSSR count). The maximum Gasteiger partial charge on any atom is 0.261 e. The molecule has 0 amide bonds. The van der Waals surface area contributed by atoms with Crippen molar-refractivity contribution in [2.45, 2.75) is 4.90 Å². The van der Waals surface area contributed by atoms with Gasteiger partial charge in [0.25, 0.3) is 10.0 Å². The summed E-state index contributed by atoms with van der Waals surface area (Å²) in [6, 6.07) is 17.5. The summed E-state index contributed by atoms with van der Waals surface area (Å²) in [5.74, 6) is 0.536. The molecule has 164 valence electrons. The molecule has 33 heavy (non-hydrogen) atoms. The molecule has 0 radical (unpaired) electrons. The zero-order chi connectivity index (χ0) is 22.8. The number of hydrogen-bond donors (Lipinski definition) is 1. The molecule has 0 saturated heterocycles. The van der Waals surface area contributed by atoms with Crippen LogP contribution in [0.15, 0.2) is 96.5 Å². The van der Waals surface area contributed by atoms with Crippen LogP contribution < -0.4 is 9.46 Å². The van der Waals surface area contributed by atoms with E-state index in [0.29, 0.717) is 11.6 Å². The second-order valence-electron chi connectivity index (χ2n) is 7.26. The van der Waals surface area contributed by atoms with E-state index in [-0.39, 0.29) is 4.90 Å². The van der Waals surface area contributed by atoms with Crippen molar-refractivity contribution < 1.29 is 13.2 Å². The van der Waals surface area contributed by atoms with Crippen molar-refractivity contribution in [3.63, 3.8) is 0 Å². The smallest absolute Gasteiger partial charge is 0.261 e. The Morgan fingerprint density at radius 1 is 0.848 bits per heavy atom. The van der Waals surface area contributed by atoms with Gasteiger partial charge >= 0.3 is 0 Å². The fourth-order valence-electron chi connectivity index (χ4n) is 3.48.